The highest BCUT2D eigenvalue weighted by molar-refractivity contribution is 6.31. The Kier molecular flexibility index (Phi) is 6.79. The molecule has 1 atom stereocenters. The number of rotatable bonds is 4. The quantitative estimate of drug-likeness (QED) is 0.693. The van der Waals surface area contributed by atoms with Crippen molar-refractivity contribution < 1.29 is 27.5 Å². The Morgan fingerprint density at radius 3 is 2.65 bits per heavy atom. The lowest BCUT2D eigenvalue weighted by molar-refractivity contribution is -0.137. The highest BCUT2D eigenvalue weighted by atomic mass is 35.5. The Balaban J connectivity index is 1.73. The molecule has 0 aromatic heterocycles. The van der Waals surface area contributed by atoms with Gasteiger partial charge in [0.05, 0.1) is 24.3 Å². The number of halogens is 4. The summed E-state index contributed by atoms with van der Waals surface area (Å²) >= 11 is 6.09. The van der Waals surface area contributed by atoms with Crippen molar-refractivity contribution in [2.75, 3.05) is 25.5 Å². The lowest BCUT2D eigenvalue weighted by Gasteiger charge is -2.32. The molecule has 0 spiro atoms. The number of nitrogens with zero attached hydrogens (tertiary/aromatic N) is 1. The van der Waals surface area contributed by atoms with Crippen molar-refractivity contribution >= 4 is 29.1 Å². The molecule has 1 aliphatic rings. The zero-order valence-electron chi connectivity index (χ0n) is 17.1. The van der Waals surface area contributed by atoms with E-state index in [0.29, 0.717) is 35.8 Å². The molecule has 3 rings (SSSR count). The van der Waals surface area contributed by atoms with Crippen LogP contribution in [0, 0.1) is 12.8 Å². The summed E-state index contributed by atoms with van der Waals surface area (Å²) in [4.78, 5) is 27.0. The van der Waals surface area contributed by atoms with Gasteiger partial charge in [-0.3, -0.25) is 9.59 Å². The number of alkyl halides is 3. The molecule has 2 aromatic rings. The van der Waals surface area contributed by atoms with E-state index in [4.69, 9.17) is 16.3 Å². The number of likely N-dealkylation sites (tertiary alicyclic amines) is 1. The van der Waals surface area contributed by atoms with Gasteiger partial charge in [-0.15, -0.1) is 0 Å². The van der Waals surface area contributed by atoms with Gasteiger partial charge in [-0.1, -0.05) is 17.7 Å². The van der Waals surface area contributed by atoms with Gasteiger partial charge < -0.3 is 15.0 Å². The Morgan fingerprint density at radius 2 is 1.97 bits per heavy atom. The number of nitrogens with one attached hydrogen (secondary N) is 1. The maximum absolute atomic E-state index is 13.0. The van der Waals surface area contributed by atoms with Crippen LogP contribution in [0.3, 0.4) is 0 Å². The third-order valence-corrected chi connectivity index (χ3v) is 5.66. The van der Waals surface area contributed by atoms with Crippen molar-refractivity contribution in [1.82, 2.24) is 4.90 Å². The Bertz CT molecular complexity index is 994. The first-order valence-electron chi connectivity index (χ1n) is 9.71. The van der Waals surface area contributed by atoms with E-state index >= 15 is 0 Å². The van der Waals surface area contributed by atoms with Crippen LogP contribution in [0.25, 0.3) is 0 Å². The van der Waals surface area contributed by atoms with Crippen molar-refractivity contribution in [3.8, 4) is 5.75 Å². The number of amides is 2. The van der Waals surface area contributed by atoms with Gasteiger partial charge >= 0.3 is 6.18 Å². The van der Waals surface area contributed by atoms with E-state index in [0.717, 1.165) is 17.7 Å². The average molecular weight is 455 g/mol. The molecule has 1 heterocycles. The number of carbonyl (C=O) groups excluding carboxylic acids is 2. The lowest BCUT2D eigenvalue weighted by atomic mass is 9.96. The Labute approximate surface area is 183 Å². The van der Waals surface area contributed by atoms with Crippen molar-refractivity contribution in [2.24, 2.45) is 5.92 Å². The predicted molar refractivity (Wildman–Crippen MR) is 111 cm³/mol. The molecule has 0 bridgehead atoms. The van der Waals surface area contributed by atoms with Crippen molar-refractivity contribution in [3.63, 3.8) is 0 Å². The molecule has 31 heavy (non-hydrogen) atoms. The van der Waals surface area contributed by atoms with Crippen molar-refractivity contribution in [1.29, 1.82) is 0 Å². The van der Waals surface area contributed by atoms with E-state index in [1.54, 1.807) is 19.1 Å². The summed E-state index contributed by atoms with van der Waals surface area (Å²) in [6.07, 6.45) is -3.40. The molecule has 1 N–H and O–H groups in total. The fourth-order valence-corrected chi connectivity index (χ4v) is 3.71. The molecule has 1 fully saturated rings. The van der Waals surface area contributed by atoms with Crippen LogP contribution in [0.2, 0.25) is 5.02 Å². The largest absolute Gasteiger partial charge is 0.495 e. The summed E-state index contributed by atoms with van der Waals surface area (Å²) < 4.78 is 44.2. The number of carbonyl (C=O) groups is 2. The van der Waals surface area contributed by atoms with Gasteiger partial charge in [0.2, 0.25) is 5.91 Å². The average Bonchev–Trinajstić information content (AvgIpc) is 2.75. The first-order chi connectivity index (χ1) is 14.6. The predicted octanol–water partition coefficient (Wildman–Crippen LogP) is 5.17. The first kappa shape index (κ1) is 22.9. The highest BCUT2D eigenvalue weighted by Crippen LogP contribution is 2.32. The van der Waals surface area contributed by atoms with E-state index in [2.05, 4.69) is 5.32 Å². The summed E-state index contributed by atoms with van der Waals surface area (Å²) in [5, 5.41) is 3.32. The van der Waals surface area contributed by atoms with Crippen molar-refractivity contribution in [3.05, 3.63) is 58.1 Å². The van der Waals surface area contributed by atoms with Crippen LogP contribution in [0.1, 0.15) is 34.3 Å². The molecule has 1 saturated heterocycles. The molecule has 2 aromatic carbocycles. The summed E-state index contributed by atoms with van der Waals surface area (Å²) in [6, 6.07) is 7.63. The van der Waals surface area contributed by atoms with E-state index in [1.807, 2.05) is 0 Å². The highest BCUT2D eigenvalue weighted by Gasteiger charge is 2.33. The van der Waals surface area contributed by atoms with Gasteiger partial charge in [0, 0.05) is 29.7 Å². The first-order valence-corrected chi connectivity index (χ1v) is 10.1. The number of piperidine rings is 1. The maximum Gasteiger partial charge on any atom is 0.416 e. The van der Waals surface area contributed by atoms with Gasteiger partial charge in [-0.2, -0.15) is 13.2 Å². The van der Waals surface area contributed by atoms with Gasteiger partial charge in [-0.05, 0) is 49.6 Å². The third kappa shape index (κ3) is 5.31. The van der Waals surface area contributed by atoms with Gasteiger partial charge in [0.25, 0.3) is 5.91 Å². The van der Waals surface area contributed by atoms with Gasteiger partial charge in [-0.25, -0.2) is 0 Å². The molecule has 1 aliphatic heterocycles. The zero-order valence-corrected chi connectivity index (χ0v) is 17.8. The second kappa shape index (κ2) is 9.18. The molecular formula is C22H22ClF3N2O3. The number of benzene rings is 2. The molecule has 0 aliphatic carbocycles. The second-order valence-corrected chi connectivity index (χ2v) is 7.87. The molecule has 5 nitrogen and oxygen atoms in total. The normalized spacial score (nSPS) is 16.7. The number of hydrogen-bond acceptors (Lipinski definition) is 3. The Morgan fingerprint density at radius 1 is 1.23 bits per heavy atom. The number of methoxy groups -OCH3 is 1. The minimum absolute atomic E-state index is 0.0501. The number of aryl methyl sites for hydroxylation is 1. The van der Waals surface area contributed by atoms with Crippen LogP contribution in [0.15, 0.2) is 36.4 Å². The van der Waals surface area contributed by atoms with Crippen molar-refractivity contribution in [2.45, 2.75) is 25.9 Å². The Hall–Kier alpha value is -2.74. The summed E-state index contributed by atoms with van der Waals surface area (Å²) in [5.74, 6) is -0.897. The lowest BCUT2D eigenvalue weighted by Crippen LogP contribution is -2.43. The standard InChI is InChI=1S/C22H22ClF3N2O3/c1-13-9-18(19(31-2)11-17(13)23)27-20(29)15-6-4-8-28(12-15)21(30)14-5-3-7-16(10-14)22(24,25)26/h3,5,7,9-11,15H,4,6,8,12H2,1-2H3,(H,27,29)/t15-/m1/s1. The molecule has 2 amide bonds. The number of hydrogen-bond donors (Lipinski definition) is 1. The second-order valence-electron chi connectivity index (χ2n) is 7.46. The molecule has 0 unspecified atom stereocenters. The minimum Gasteiger partial charge on any atom is -0.495 e. The van der Waals surface area contributed by atoms with Crippen LogP contribution in [-0.4, -0.2) is 36.9 Å². The van der Waals surface area contributed by atoms with E-state index < -0.39 is 23.6 Å². The van der Waals surface area contributed by atoms with Crippen LogP contribution in [0.5, 0.6) is 5.75 Å². The molecule has 9 heteroatoms. The summed E-state index contributed by atoms with van der Waals surface area (Å²) in [5.41, 5.74) is 0.305. The van der Waals surface area contributed by atoms with Gasteiger partial charge in [0.1, 0.15) is 5.75 Å². The van der Waals surface area contributed by atoms with Crippen LogP contribution in [0.4, 0.5) is 18.9 Å². The van der Waals surface area contributed by atoms with E-state index in [-0.39, 0.29) is 18.0 Å². The monoisotopic (exact) mass is 454 g/mol. The summed E-state index contributed by atoms with van der Waals surface area (Å²) in [6.45, 7) is 2.30. The molecular weight excluding hydrogens is 433 g/mol. The van der Waals surface area contributed by atoms with E-state index in [9.17, 15) is 22.8 Å². The summed E-state index contributed by atoms with van der Waals surface area (Å²) in [7, 11) is 1.47. The number of anilines is 1. The van der Waals surface area contributed by atoms with Crippen LogP contribution >= 0.6 is 11.6 Å². The zero-order chi connectivity index (χ0) is 22.8. The van der Waals surface area contributed by atoms with E-state index in [1.165, 1.54) is 24.1 Å². The fourth-order valence-electron chi connectivity index (χ4n) is 3.55. The topological polar surface area (TPSA) is 58.6 Å². The smallest absolute Gasteiger partial charge is 0.416 e. The molecule has 0 radical (unpaired) electrons. The van der Waals surface area contributed by atoms with Crippen LogP contribution < -0.4 is 10.1 Å². The molecule has 166 valence electrons. The fraction of sp³-hybridized carbons (Fsp3) is 0.364. The third-order valence-electron chi connectivity index (χ3n) is 5.25. The van der Waals surface area contributed by atoms with Gasteiger partial charge in [0.15, 0.2) is 0 Å². The minimum atomic E-state index is -4.53. The SMILES string of the molecule is COc1cc(Cl)c(C)cc1NC(=O)[C@@H]1CCCN(C(=O)c2cccc(C(F)(F)F)c2)C1. The maximum atomic E-state index is 13.0. The van der Waals surface area contributed by atoms with Crippen LogP contribution in [-0.2, 0) is 11.0 Å². The number of ether oxygens (including phenoxy) is 1. The molecule has 0 saturated carbocycles.